The second-order valence-electron chi connectivity index (χ2n) is 34.2. The number of unbranched alkanes of at least 4 members (excludes halogenated alkanes) is 9. The summed E-state index contributed by atoms with van der Waals surface area (Å²) in [5.74, 6) is 3.56. The van der Waals surface area contributed by atoms with Gasteiger partial charge in [-0.3, -0.25) is 9.59 Å². The Morgan fingerprint density at radius 2 is 0.957 bits per heavy atom. The van der Waals surface area contributed by atoms with Gasteiger partial charge in [-0.15, -0.1) is 0 Å². The minimum atomic E-state index is -0.869. The van der Waals surface area contributed by atoms with Crippen LogP contribution in [0.1, 0.15) is 228 Å². The molecule has 0 amide bonds. The molecule has 15 aromatic rings. The lowest BCUT2D eigenvalue weighted by atomic mass is 9.73. The van der Waals surface area contributed by atoms with Gasteiger partial charge in [0.1, 0.15) is 22.7 Å². The zero-order valence-electron chi connectivity index (χ0n) is 70.2. The van der Waals surface area contributed by atoms with Crippen LogP contribution in [0.15, 0.2) is 228 Å². The van der Waals surface area contributed by atoms with E-state index in [-0.39, 0.29) is 17.6 Å². The largest absolute Gasteiger partial charge is 0.484 e. The maximum Gasteiger partial charge on any atom is 0.197 e. The molecule has 116 heavy (non-hydrogen) atoms. The number of ether oxygens (including phenoxy) is 4. The summed E-state index contributed by atoms with van der Waals surface area (Å²) in [7, 11) is 1.99. The van der Waals surface area contributed by atoms with Crippen LogP contribution in [0, 0.1) is 19.8 Å². The SMILES string of the molecule is CCCCCCCC1(C(C)(CCCC)Oc2c(-n3c4ccccc4c4ccccc43)cc3c(c2C)C3(CCCC)Oc2c(C)cccc2-n2c3ccccc3c3ccccc32)c2cc(OCn3c4ccccc4c(=O)c4cc5c(cc43)c(=O)c3ccccc3n5C)c(OC(C)(CCCCC)c3ccccc3)c(CC(CC)CCCC)c21. The smallest absolute Gasteiger partial charge is 0.197 e. The average Bonchev–Trinajstić information content (AvgIpc) is 1.47. The Labute approximate surface area is 684 Å². The summed E-state index contributed by atoms with van der Waals surface area (Å²) in [5, 5.41) is 7.08. The third-order valence-corrected chi connectivity index (χ3v) is 26.9. The molecule has 0 N–H and O–H groups in total. The Morgan fingerprint density at radius 1 is 0.422 bits per heavy atom. The summed E-state index contributed by atoms with van der Waals surface area (Å²) in [6.07, 6.45) is 20.8. The van der Waals surface area contributed by atoms with Crippen LogP contribution in [0.4, 0.5) is 0 Å². The zero-order valence-corrected chi connectivity index (χ0v) is 70.2. The highest BCUT2D eigenvalue weighted by Crippen LogP contribution is 2.69. The molecule has 10 nitrogen and oxygen atoms in total. The molecule has 0 saturated heterocycles. The molecule has 0 spiro atoms. The van der Waals surface area contributed by atoms with Gasteiger partial charge >= 0.3 is 0 Å². The van der Waals surface area contributed by atoms with Crippen LogP contribution in [0.25, 0.3) is 98.6 Å². The van der Waals surface area contributed by atoms with E-state index in [9.17, 15) is 4.79 Å². The molecular weight excluding hydrogens is 1430 g/mol. The van der Waals surface area contributed by atoms with Crippen LogP contribution in [0.3, 0.4) is 0 Å². The van der Waals surface area contributed by atoms with Crippen molar-refractivity contribution in [3.05, 3.63) is 283 Å². The van der Waals surface area contributed by atoms with Crippen molar-refractivity contribution in [1.82, 2.24) is 18.3 Å². The summed E-state index contributed by atoms with van der Waals surface area (Å²) in [6.45, 7) is 23.4. The van der Waals surface area contributed by atoms with Gasteiger partial charge in [-0.05, 0) is 186 Å². The Hall–Kier alpha value is -10.8. The van der Waals surface area contributed by atoms with Gasteiger partial charge in [0.05, 0.1) is 60.9 Å². The van der Waals surface area contributed by atoms with Crippen LogP contribution >= 0.6 is 0 Å². The molecule has 10 heteroatoms. The van der Waals surface area contributed by atoms with E-state index < -0.39 is 22.2 Å². The monoisotopic (exact) mass is 1540 g/mol. The summed E-state index contributed by atoms with van der Waals surface area (Å²) in [6, 6.07) is 77.5. The molecule has 0 aliphatic heterocycles. The molecule has 0 bridgehead atoms. The fraction of sp³-hybridized carbons (Fsp3) is 0.358. The molecule has 0 fully saturated rings. The van der Waals surface area contributed by atoms with Crippen LogP contribution in [-0.2, 0) is 36.8 Å². The van der Waals surface area contributed by atoms with Crippen molar-refractivity contribution in [1.29, 1.82) is 0 Å². The number of aryl methyl sites for hydroxylation is 2. The topological polar surface area (TPSA) is 90.8 Å². The van der Waals surface area contributed by atoms with Crippen molar-refractivity contribution in [2.45, 2.75) is 233 Å². The first-order valence-electron chi connectivity index (χ1n) is 43.8. The van der Waals surface area contributed by atoms with Crippen LogP contribution in [-0.4, -0.2) is 23.9 Å². The lowest BCUT2D eigenvalue weighted by Gasteiger charge is -2.41. The average molecular weight is 1540 g/mol. The molecule has 4 heterocycles. The molecule has 17 rings (SSSR count). The number of hydrogen-bond donors (Lipinski definition) is 0. The molecule has 5 atom stereocenters. The first-order valence-corrected chi connectivity index (χ1v) is 43.8. The Bertz CT molecular complexity index is 6270. The van der Waals surface area contributed by atoms with Crippen molar-refractivity contribution in [3.63, 3.8) is 0 Å². The summed E-state index contributed by atoms with van der Waals surface area (Å²) in [4.78, 5) is 30.2. The Balaban J connectivity index is 0.908. The predicted octanol–water partition coefficient (Wildman–Crippen LogP) is 27.5. The molecule has 11 aromatic carbocycles. The van der Waals surface area contributed by atoms with Crippen molar-refractivity contribution < 1.29 is 18.9 Å². The van der Waals surface area contributed by atoms with Crippen molar-refractivity contribution in [3.8, 4) is 34.4 Å². The third-order valence-electron chi connectivity index (χ3n) is 26.9. The van der Waals surface area contributed by atoms with E-state index in [0.717, 1.165) is 207 Å². The predicted molar refractivity (Wildman–Crippen MR) is 483 cm³/mol. The maximum atomic E-state index is 15.2. The van der Waals surface area contributed by atoms with E-state index in [4.69, 9.17) is 18.9 Å². The number of rotatable bonds is 35. The van der Waals surface area contributed by atoms with E-state index in [1.807, 2.05) is 72.3 Å². The van der Waals surface area contributed by atoms with Gasteiger partial charge in [0, 0.05) is 72.4 Å². The van der Waals surface area contributed by atoms with Crippen LogP contribution in [0.2, 0.25) is 0 Å². The molecule has 2 aliphatic carbocycles. The number of fused-ring (bicyclic) bond motifs is 12. The highest BCUT2D eigenvalue weighted by atomic mass is 16.5. The summed E-state index contributed by atoms with van der Waals surface area (Å²) < 4.78 is 42.4. The van der Waals surface area contributed by atoms with E-state index in [2.05, 4.69) is 241 Å². The molecule has 2 aliphatic rings. The van der Waals surface area contributed by atoms with Crippen LogP contribution < -0.4 is 29.8 Å². The molecule has 5 unspecified atom stereocenters. The second kappa shape index (κ2) is 32.0. The lowest BCUT2D eigenvalue weighted by Crippen LogP contribution is -2.47. The van der Waals surface area contributed by atoms with E-state index in [0.29, 0.717) is 44.2 Å². The minimum Gasteiger partial charge on any atom is -0.484 e. The Kier molecular flexibility index (Phi) is 21.4. The highest BCUT2D eigenvalue weighted by molar-refractivity contribution is 6.11. The number of nitrogens with zero attached hydrogens (tertiary/aromatic N) is 4. The molecule has 4 aromatic heterocycles. The molecule has 0 saturated carbocycles. The zero-order chi connectivity index (χ0) is 80.2. The summed E-state index contributed by atoms with van der Waals surface area (Å²) >= 11 is 0. The van der Waals surface area contributed by atoms with Gasteiger partial charge in [-0.1, -0.05) is 265 Å². The standard InChI is InChI=1S/C106H114N4O6/c1-12-18-23-24-41-62-105(104(10,61-21-15-4)115-101-71(8)96-84(67-94(101)110-89-57-38-30-49-76(89)77-50-31-39-58-90(77)110)106(96,63-22-16-5)116-100-70(7)43-42-59-91(100)109-87-55-36-28-47-74(87)75-48-29-37-56-88(75)109)83-68-95(102(82(97(83)105)64-72(17-6)44-20-14-3)114-103(9,60-40-19-13-2)73-45-26-25-27-46-73)113-69-108-86-54-35-33-52-79(86)99(112)81-65-92-80(66-93(81)108)98(111)78-51-32-34-53-85(78)107(92)11/h25-39,42-43,45-59,65-68,72H,12-24,40-41,44,60-64,69H2,1-11H3. The Morgan fingerprint density at radius 3 is 1.57 bits per heavy atom. The van der Waals surface area contributed by atoms with Crippen molar-refractivity contribution in [2.75, 3.05) is 0 Å². The van der Waals surface area contributed by atoms with Gasteiger partial charge in [-0.25, -0.2) is 0 Å². The third kappa shape index (κ3) is 13.1. The normalized spacial score (nSPS) is 16.4. The first-order chi connectivity index (χ1) is 56.6. The van der Waals surface area contributed by atoms with E-state index in [1.165, 1.54) is 55.8 Å². The molecule has 0 radical (unpaired) electrons. The van der Waals surface area contributed by atoms with Gasteiger partial charge in [-0.2, -0.15) is 0 Å². The van der Waals surface area contributed by atoms with E-state index >= 15 is 4.79 Å². The van der Waals surface area contributed by atoms with Crippen molar-refractivity contribution >= 4 is 87.2 Å². The van der Waals surface area contributed by atoms with Gasteiger partial charge in [0.25, 0.3) is 0 Å². The second-order valence-corrected chi connectivity index (χ2v) is 34.2. The van der Waals surface area contributed by atoms with Gasteiger partial charge < -0.3 is 37.2 Å². The first kappa shape index (κ1) is 77.7. The van der Waals surface area contributed by atoms with Gasteiger partial charge in [0.2, 0.25) is 0 Å². The van der Waals surface area contributed by atoms with Crippen LogP contribution in [0.5, 0.6) is 23.0 Å². The number of benzene rings is 11. The fourth-order valence-electron chi connectivity index (χ4n) is 20.5. The number of para-hydroxylation sites is 7. The fourth-order valence-corrected chi connectivity index (χ4v) is 20.5. The van der Waals surface area contributed by atoms with Gasteiger partial charge in [0.15, 0.2) is 34.7 Å². The number of pyridine rings is 2. The summed E-state index contributed by atoms with van der Waals surface area (Å²) in [5.41, 5.74) is 15.8. The molecular formula is C106H114N4O6. The highest BCUT2D eigenvalue weighted by Gasteiger charge is 2.66. The lowest BCUT2D eigenvalue weighted by molar-refractivity contribution is 0.0236. The quantitative estimate of drug-likeness (QED) is 0.0290. The molecule has 594 valence electrons. The van der Waals surface area contributed by atoms with Crippen molar-refractivity contribution in [2.24, 2.45) is 13.0 Å². The number of hydrogen-bond acceptors (Lipinski definition) is 6. The number of aromatic nitrogens is 4. The minimum absolute atomic E-state index is 0.0186. The maximum absolute atomic E-state index is 15.2. The van der Waals surface area contributed by atoms with E-state index in [1.54, 1.807) is 0 Å².